The van der Waals surface area contributed by atoms with Crippen molar-refractivity contribution >= 4 is 0 Å². The van der Waals surface area contributed by atoms with Gasteiger partial charge in [-0.3, -0.25) is 4.90 Å². The Morgan fingerprint density at radius 2 is 1.75 bits per heavy atom. The molecule has 2 heteroatoms. The molecule has 2 nitrogen and oxygen atoms in total. The number of methoxy groups -OCH3 is 1. The van der Waals surface area contributed by atoms with Crippen molar-refractivity contribution < 1.29 is 4.74 Å². The zero-order valence-corrected chi connectivity index (χ0v) is 11.1. The van der Waals surface area contributed by atoms with Gasteiger partial charge in [0.1, 0.15) is 0 Å². The lowest BCUT2D eigenvalue weighted by Crippen LogP contribution is -2.26. The Morgan fingerprint density at radius 1 is 1.12 bits per heavy atom. The van der Waals surface area contributed by atoms with Gasteiger partial charge < -0.3 is 4.74 Å². The van der Waals surface area contributed by atoms with Crippen LogP contribution in [0.4, 0.5) is 0 Å². The summed E-state index contributed by atoms with van der Waals surface area (Å²) in [7, 11) is 1.75. The van der Waals surface area contributed by atoms with Crippen LogP contribution in [-0.2, 0) is 11.3 Å². The van der Waals surface area contributed by atoms with Gasteiger partial charge in [-0.25, -0.2) is 0 Å². The van der Waals surface area contributed by atoms with Crippen LogP contribution in [-0.4, -0.2) is 31.7 Å². The van der Waals surface area contributed by atoms with Gasteiger partial charge in [0.2, 0.25) is 0 Å². The van der Waals surface area contributed by atoms with Crippen LogP contribution in [0.2, 0.25) is 0 Å². The van der Waals surface area contributed by atoms with Crippen LogP contribution < -0.4 is 0 Å². The first kappa shape index (κ1) is 15.1. The van der Waals surface area contributed by atoms with Crippen molar-refractivity contribution in [3.63, 3.8) is 0 Å². The van der Waals surface area contributed by atoms with Gasteiger partial charge in [0.05, 0.1) is 6.61 Å². The number of ether oxygens (including phenoxy) is 1. The molecule has 0 aromatic heterocycles. The van der Waals surface area contributed by atoms with E-state index in [0.29, 0.717) is 0 Å². The second-order valence-corrected chi connectivity index (χ2v) is 3.35. The third-order valence-electron chi connectivity index (χ3n) is 2.31. The van der Waals surface area contributed by atoms with Gasteiger partial charge >= 0.3 is 0 Å². The number of nitrogens with zero attached hydrogens (tertiary/aromatic N) is 1. The van der Waals surface area contributed by atoms with E-state index in [9.17, 15) is 0 Å². The Hall–Kier alpha value is -0.860. The zero-order chi connectivity index (χ0) is 12.2. The number of likely N-dealkylation sites (N-methyl/N-ethyl adjacent to an activating group) is 1. The molecular weight excluding hydrogens is 198 g/mol. The second kappa shape index (κ2) is 10.7. The highest BCUT2D eigenvalue weighted by Gasteiger charge is 2.01. The molecule has 1 aromatic carbocycles. The average Bonchev–Trinajstić information content (AvgIpc) is 2.38. The van der Waals surface area contributed by atoms with Gasteiger partial charge in [-0.05, 0) is 12.1 Å². The van der Waals surface area contributed by atoms with Crippen LogP contribution >= 0.6 is 0 Å². The Morgan fingerprint density at radius 3 is 2.25 bits per heavy atom. The Labute approximate surface area is 100 Å². The van der Waals surface area contributed by atoms with Crippen LogP contribution in [0.5, 0.6) is 0 Å². The van der Waals surface area contributed by atoms with Crippen molar-refractivity contribution in [3.05, 3.63) is 35.9 Å². The molecule has 0 aliphatic carbocycles. The summed E-state index contributed by atoms with van der Waals surface area (Å²) in [4.78, 5) is 2.37. The number of benzene rings is 1. The lowest BCUT2D eigenvalue weighted by atomic mass is 10.2. The standard InChI is InChI=1S/C12H19NO.C2H6/c1-3-13(9-10-14-2)11-12-7-5-4-6-8-12;1-2/h4-8H,3,9-11H2,1-2H3;1-2H3. The largest absolute Gasteiger partial charge is 0.383 e. The van der Waals surface area contributed by atoms with Gasteiger partial charge in [-0.2, -0.15) is 0 Å². The fraction of sp³-hybridized carbons (Fsp3) is 0.571. The van der Waals surface area contributed by atoms with E-state index < -0.39 is 0 Å². The minimum absolute atomic E-state index is 0.806. The molecule has 0 bridgehead atoms. The van der Waals surface area contributed by atoms with Gasteiger partial charge in [-0.15, -0.1) is 0 Å². The first-order chi connectivity index (χ1) is 7.86. The fourth-order valence-corrected chi connectivity index (χ4v) is 1.41. The number of hydrogen-bond acceptors (Lipinski definition) is 2. The number of rotatable bonds is 6. The molecule has 0 amide bonds. The molecule has 0 aliphatic rings. The van der Waals surface area contributed by atoms with Gasteiger partial charge in [0.15, 0.2) is 0 Å². The predicted octanol–water partition coefficient (Wildman–Crippen LogP) is 3.18. The lowest BCUT2D eigenvalue weighted by Gasteiger charge is -2.19. The highest BCUT2D eigenvalue weighted by molar-refractivity contribution is 5.14. The van der Waals surface area contributed by atoms with Crippen molar-refractivity contribution in [2.24, 2.45) is 0 Å². The normalized spacial score (nSPS) is 9.81. The SMILES string of the molecule is CC.CCN(CCOC)Cc1ccccc1. The lowest BCUT2D eigenvalue weighted by molar-refractivity contribution is 0.147. The van der Waals surface area contributed by atoms with Crippen LogP contribution in [0.25, 0.3) is 0 Å². The van der Waals surface area contributed by atoms with Crippen LogP contribution in [0.15, 0.2) is 30.3 Å². The minimum atomic E-state index is 0.806. The topological polar surface area (TPSA) is 12.5 Å². The number of hydrogen-bond donors (Lipinski definition) is 0. The molecule has 0 N–H and O–H groups in total. The molecule has 0 fully saturated rings. The van der Waals surface area contributed by atoms with Crippen LogP contribution in [0, 0.1) is 0 Å². The summed E-state index contributed by atoms with van der Waals surface area (Å²) in [6.45, 7) is 10.1. The molecule has 0 saturated carbocycles. The molecule has 0 unspecified atom stereocenters. The third-order valence-corrected chi connectivity index (χ3v) is 2.31. The van der Waals surface area contributed by atoms with E-state index in [2.05, 4.69) is 42.2 Å². The van der Waals surface area contributed by atoms with Crippen molar-refractivity contribution in [1.29, 1.82) is 0 Å². The molecule has 92 valence electrons. The monoisotopic (exact) mass is 223 g/mol. The van der Waals surface area contributed by atoms with E-state index in [1.165, 1.54) is 5.56 Å². The predicted molar refractivity (Wildman–Crippen MR) is 70.6 cm³/mol. The van der Waals surface area contributed by atoms with Gasteiger partial charge in [0, 0.05) is 20.2 Å². The summed E-state index contributed by atoms with van der Waals surface area (Å²) in [5.74, 6) is 0. The summed E-state index contributed by atoms with van der Waals surface area (Å²) in [6, 6.07) is 10.5. The molecule has 16 heavy (non-hydrogen) atoms. The smallest absolute Gasteiger partial charge is 0.0589 e. The van der Waals surface area contributed by atoms with E-state index in [-0.39, 0.29) is 0 Å². The molecule has 1 rings (SSSR count). The third kappa shape index (κ3) is 6.59. The summed E-state index contributed by atoms with van der Waals surface area (Å²) in [6.07, 6.45) is 0. The Bertz CT molecular complexity index is 236. The summed E-state index contributed by atoms with van der Waals surface area (Å²) < 4.78 is 5.07. The minimum Gasteiger partial charge on any atom is -0.383 e. The van der Waals surface area contributed by atoms with Crippen molar-refractivity contribution in [2.75, 3.05) is 26.8 Å². The van der Waals surface area contributed by atoms with Crippen molar-refractivity contribution in [3.8, 4) is 0 Å². The summed E-state index contributed by atoms with van der Waals surface area (Å²) in [5.41, 5.74) is 1.37. The highest BCUT2D eigenvalue weighted by atomic mass is 16.5. The molecule has 0 radical (unpaired) electrons. The molecule has 0 spiro atoms. The highest BCUT2D eigenvalue weighted by Crippen LogP contribution is 2.03. The Balaban J connectivity index is 0.00000106. The zero-order valence-electron chi connectivity index (χ0n) is 11.1. The van der Waals surface area contributed by atoms with Gasteiger partial charge in [0.25, 0.3) is 0 Å². The van der Waals surface area contributed by atoms with Crippen LogP contribution in [0.3, 0.4) is 0 Å². The quantitative estimate of drug-likeness (QED) is 0.734. The van der Waals surface area contributed by atoms with Crippen LogP contribution in [0.1, 0.15) is 26.3 Å². The van der Waals surface area contributed by atoms with E-state index in [4.69, 9.17) is 4.74 Å². The van der Waals surface area contributed by atoms with E-state index in [1.807, 2.05) is 13.8 Å². The maximum Gasteiger partial charge on any atom is 0.0589 e. The first-order valence-corrected chi connectivity index (χ1v) is 6.12. The molecule has 0 heterocycles. The molecule has 0 aliphatic heterocycles. The summed E-state index contributed by atoms with van der Waals surface area (Å²) in [5, 5.41) is 0. The van der Waals surface area contributed by atoms with E-state index in [0.717, 1.165) is 26.2 Å². The van der Waals surface area contributed by atoms with Crippen molar-refractivity contribution in [2.45, 2.75) is 27.3 Å². The maximum absolute atomic E-state index is 5.07. The summed E-state index contributed by atoms with van der Waals surface area (Å²) >= 11 is 0. The first-order valence-electron chi connectivity index (χ1n) is 6.12. The fourth-order valence-electron chi connectivity index (χ4n) is 1.41. The molecular formula is C14H25NO. The van der Waals surface area contributed by atoms with E-state index >= 15 is 0 Å². The molecule has 0 atom stereocenters. The van der Waals surface area contributed by atoms with E-state index in [1.54, 1.807) is 7.11 Å². The molecule has 0 saturated heterocycles. The maximum atomic E-state index is 5.07. The second-order valence-electron chi connectivity index (χ2n) is 3.35. The molecule has 1 aromatic rings. The average molecular weight is 223 g/mol. The van der Waals surface area contributed by atoms with Crippen molar-refractivity contribution in [1.82, 2.24) is 4.90 Å². The Kier molecular flexibility index (Phi) is 10.1. The van der Waals surface area contributed by atoms with Gasteiger partial charge in [-0.1, -0.05) is 51.1 Å².